The lowest BCUT2D eigenvalue weighted by Crippen LogP contribution is -2.31. The summed E-state index contributed by atoms with van der Waals surface area (Å²) >= 11 is 0. The quantitative estimate of drug-likeness (QED) is 0.815. The Morgan fingerprint density at radius 1 is 1.25 bits per heavy atom. The normalized spacial score (nSPS) is 13.9. The number of furan rings is 1. The zero-order valence-corrected chi connectivity index (χ0v) is 11.9. The van der Waals surface area contributed by atoms with E-state index in [-0.39, 0.29) is 6.04 Å². The van der Waals surface area contributed by atoms with Crippen molar-refractivity contribution < 1.29 is 14.3 Å². The molecular formula is C16H21NO3. The fourth-order valence-corrected chi connectivity index (χ4v) is 2.06. The van der Waals surface area contributed by atoms with E-state index < -0.39 is 6.10 Å². The van der Waals surface area contributed by atoms with Gasteiger partial charge in [0, 0.05) is 19.0 Å². The summed E-state index contributed by atoms with van der Waals surface area (Å²) in [4.78, 5) is 0. The van der Waals surface area contributed by atoms with E-state index in [1.54, 1.807) is 13.4 Å². The van der Waals surface area contributed by atoms with Crippen LogP contribution in [0.5, 0.6) is 5.75 Å². The maximum Gasteiger partial charge on any atom is 0.118 e. The number of rotatable bonds is 7. The maximum absolute atomic E-state index is 10.1. The molecule has 4 heteroatoms. The minimum absolute atomic E-state index is 0.244. The van der Waals surface area contributed by atoms with Crippen LogP contribution in [0.4, 0.5) is 0 Å². The zero-order chi connectivity index (χ0) is 14.4. The predicted octanol–water partition coefficient (Wildman–Crippen LogP) is 2.54. The first-order valence-corrected chi connectivity index (χ1v) is 6.77. The maximum atomic E-state index is 10.1. The summed E-state index contributed by atoms with van der Waals surface area (Å²) in [5.41, 5.74) is 0.878. The second-order valence-electron chi connectivity index (χ2n) is 4.88. The number of hydrogen-bond donors (Lipinski definition) is 2. The molecule has 0 aliphatic carbocycles. The Kier molecular flexibility index (Phi) is 5.21. The van der Waals surface area contributed by atoms with Gasteiger partial charge in [0.25, 0.3) is 0 Å². The molecule has 0 aliphatic heterocycles. The van der Waals surface area contributed by atoms with Gasteiger partial charge in [-0.1, -0.05) is 12.1 Å². The molecule has 0 saturated carbocycles. The van der Waals surface area contributed by atoms with E-state index in [1.165, 1.54) is 0 Å². The summed E-state index contributed by atoms with van der Waals surface area (Å²) < 4.78 is 10.4. The Balaban J connectivity index is 1.80. The molecule has 1 heterocycles. The van der Waals surface area contributed by atoms with Crippen LogP contribution in [0.15, 0.2) is 47.1 Å². The highest BCUT2D eigenvalue weighted by Crippen LogP contribution is 2.17. The zero-order valence-electron chi connectivity index (χ0n) is 11.9. The third-order valence-corrected chi connectivity index (χ3v) is 3.25. The molecule has 1 aromatic carbocycles. The van der Waals surface area contributed by atoms with Crippen molar-refractivity contribution in [2.75, 3.05) is 13.7 Å². The summed E-state index contributed by atoms with van der Waals surface area (Å²) in [6.45, 7) is 2.58. The van der Waals surface area contributed by atoms with Crippen LogP contribution in [0, 0.1) is 0 Å². The molecule has 108 valence electrons. The van der Waals surface area contributed by atoms with E-state index >= 15 is 0 Å². The van der Waals surface area contributed by atoms with Crippen molar-refractivity contribution in [2.24, 2.45) is 0 Å². The van der Waals surface area contributed by atoms with Crippen molar-refractivity contribution in [3.63, 3.8) is 0 Å². The number of benzene rings is 1. The third kappa shape index (κ3) is 4.11. The lowest BCUT2D eigenvalue weighted by Gasteiger charge is -2.17. The highest BCUT2D eigenvalue weighted by molar-refractivity contribution is 5.28. The van der Waals surface area contributed by atoms with Crippen LogP contribution in [0.2, 0.25) is 0 Å². The highest BCUT2D eigenvalue weighted by atomic mass is 16.5. The molecule has 2 rings (SSSR count). The van der Waals surface area contributed by atoms with Gasteiger partial charge in [-0.3, -0.25) is 0 Å². The van der Waals surface area contributed by atoms with Crippen LogP contribution < -0.4 is 10.1 Å². The summed E-state index contributed by atoms with van der Waals surface area (Å²) in [7, 11) is 1.63. The summed E-state index contributed by atoms with van der Waals surface area (Å²) in [5, 5.41) is 13.4. The Bertz CT molecular complexity index is 493. The van der Waals surface area contributed by atoms with Crippen molar-refractivity contribution >= 4 is 0 Å². The first-order chi connectivity index (χ1) is 9.69. The molecule has 0 fully saturated rings. The van der Waals surface area contributed by atoms with Gasteiger partial charge in [0.05, 0.1) is 19.5 Å². The third-order valence-electron chi connectivity index (χ3n) is 3.25. The first-order valence-electron chi connectivity index (χ1n) is 6.77. The lowest BCUT2D eigenvalue weighted by atomic mass is 10.1. The molecule has 0 spiro atoms. The molecule has 0 aliphatic rings. The summed E-state index contributed by atoms with van der Waals surface area (Å²) in [5.74, 6) is 1.74. The number of hydrogen-bond acceptors (Lipinski definition) is 4. The van der Waals surface area contributed by atoms with Gasteiger partial charge in [-0.25, -0.2) is 0 Å². The van der Waals surface area contributed by atoms with Crippen molar-refractivity contribution in [3.05, 3.63) is 54.0 Å². The van der Waals surface area contributed by atoms with Crippen molar-refractivity contribution in [1.29, 1.82) is 0 Å². The highest BCUT2D eigenvalue weighted by Gasteiger charge is 2.10. The van der Waals surface area contributed by atoms with Crippen LogP contribution in [-0.2, 0) is 6.42 Å². The van der Waals surface area contributed by atoms with Crippen LogP contribution >= 0.6 is 0 Å². The van der Waals surface area contributed by atoms with Crippen molar-refractivity contribution in [2.45, 2.75) is 25.5 Å². The van der Waals surface area contributed by atoms with Crippen LogP contribution in [0.1, 0.15) is 24.4 Å². The van der Waals surface area contributed by atoms with E-state index in [4.69, 9.17) is 9.15 Å². The molecule has 0 bridgehead atoms. The molecule has 2 N–H and O–H groups in total. The first kappa shape index (κ1) is 14.6. The fourth-order valence-electron chi connectivity index (χ4n) is 2.06. The molecule has 0 amide bonds. The standard InChI is InChI=1S/C16H21NO3/c1-12(10-15-4-3-9-20-15)17-11-16(18)13-5-7-14(19-2)8-6-13/h3-9,12,16-18H,10-11H2,1-2H3. The van der Waals surface area contributed by atoms with Gasteiger partial charge in [0.1, 0.15) is 11.5 Å². The number of methoxy groups -OCH3 is 1. The van der Waals surface area contributed by atoms with Gasteiger partial charge in [0.15, 0.2) is 0 Å². The second kappa shape index (κ2) is 7.12. The average molecular weight is 275 g/mol. The van der Waals surface area contributed by atoms with E-state index in [2.05, 4.69) is 12.2 Å². The van der Waals surface area contributed by atoms with E-state index in [0.717, 1.165) is 23.5 Å². The SMILES string of the molecule is COc1ccc(C(O)CNC(C)Cc2ccco2)cc1. The Labute approximate surface area is 119 Å². The molecule has 2 aromatic rings. The molecule has 4 nitrogen and oxygen atoms in total. The fraction of sp³-hybridized carbons (Fsp3) is 0.375. The van der Waals surface area contributed by atoms with Crippen molar-refractivity contribution in [1.82, 2.24) is 5.32 Å². The molecular weight excluding hydrogens is 254 g/mol. The summed E-state index contributed by atoms with van der Waals surface area (Å²) in [6.07, 6.45) is 1.95. The Morgan fingerprint density at radius 2 is 2.00 bits per heavy atom. The van der Waals surface area contributed by atoms with Crippen LogP contribution in [0.25, 0.3) is 0 Å². The van der Waals surface area contributed by atoms with Gasteiger partial charge in [-0.2, -0.15) is 0 Å². The molecule has 20 heavy (non-hydrogen) atoms. The van der Waals surface area contributed by atoms with E-state index in [9.17, 15) is 5.11 Å². The van der Waals surface area contributed by atoms with Gasteiger partial charge >= 0.3 is 0 Å². The van der Waals surface area contributed by atoms with Crippen LogP contribution in [-0.4, -0.2) is 24.8 Å². The number of aliphatic hydroxyl groups excluding tert-OH is 1. The minimum atomic E-state index is -0.528. The minimum Gasteiger partial charge on any atom is -0.497 e. The number of nitrogens with one attached hydrogen (secondary N) is 1. The number of aliphatic hydroxyl groups is 1. The average Bonchev–Trinajstić information content (AvgIpc) is 2.97. The van der Waals surface area contributed by atoms with Crippen molar-refractivity contribution in [3.8, 4) is 5.75 Å². The van der Waals surface area contributed by atoms with Gasteiger partial charge in [-0.15, -0.1) is 0 Å². The predicted molar refractivity (Wildman–Crippen MR) is 77.8 cm³/mol. The topological polar surface area (TPSA) is 54.6 Å². The Morgan fingerprint density at radius 3 is 2.60 bits per heavy atom. The van der Waals surface area contributed by atoms with Gasteiger partial charge in [-0.05, 0) is 36.8 Å². The molecule has 1 aromatic heterocycles. The van der Waals surface area contributed by atoms with E-state index in [0.29, 0.717) is 6.54 Å². The second-order valence-corrected chi connectivity index (χ2v) is 4.88. The van der Waals surface area contributed by atoms with Gasteiger partial charge < -0.3 is 19.6 Å². The van der Waals surface area contributed by atoms with Gasteiger partial charge in [0.2, 0.25) is 0 Å². The monoisotopic (exact) mass is 275 g/mol. The van der Waals surface area contributed by atoms with Crippen LogP contribution in [0.3, 0.4) is 0 Å². The molecule has 0 saturated heterocycles. The smallest absolute Gasteiger partial charge is 0.118 e. The lowest BCUT2D eigenvalue weighted by molar-refractivity contribution is 0.170. The Hall–Kier alpha value is -1.78. The number of ether oxygens (including phenoxy) is 1. The van der Waals surface area contributed by atoms with E-state index in [1.807, 2.05) is 36.4 Å². The summed E-state index contributed by atoms with van der Waals surface area (Å²) in [6, 6.07) is 11.5. The molecule has 2 atom stereocenters. The molecule has 2 unspecified atom stereocenters. The largest absolute Gasteiger partial charge is 0.497 e. The molecule has 0 radical (unpaired) electrons.